The Hall–Kier alpha value is -1.20. The SMILES string of the molecule is O=c1c2sccc2ncn1CC1CCC2(CCCC2)O1. The van der Waals surface area contributed by atoms with E-state index in [1.807, 2.05) is 11.4 Å². The van der Waals surface area contributed by atoms with Crippen LogP contribution in [0.5, 0.6) is 0 Å². The van der Waals surface area contributed by atoms with Gasteiger partial charge in [0.2, 0.25) is 0 Å². The molecule has 2 aromatic rings. The van der Waals surface area contributed by atoms with Gasteiger partial charge in [0, 0.05) is 0 Å². The summed E-state index contributed by atoms with van der Waals surface area (Å²) in [6.07, 6.45) is 9.02. The molecule has 1 aliphatic carbocycles. The maximum atomic E-state index is 12.4. The Kier molecular flexibility index (Phi) is 2.93. The highest BCUT2D eigenvalue weighted by molar-refractivity contribution is 7.17. The normalized spacial score (nSPS) is 24.9. The van der Waals surface area contributed by atoms with Crippen LogP contribution in [0.15, 0.2) is 22.6 Å². The Morgan fingerprint density at radius 3 is 3.10 bits per heavy atom. The molecule has 0 bridgehead atoms. The second-order valence-electron chi connectivity index (χ2n) is 6.01. The molecule has 2 fully saturated rings. The van der Waals surface area contributed by atoms with Crippen molar-refractivity contribution in [1.82, 2.24) is 9.55 Å². The van der Waals surface area contributed by atoms with Crippen molar-refractivity contribution in [3.05, 3.63) is 28.1 Å². The molecule has 1 aliphatic heterocycles. The molecule has 2 aromatic heterocycles. The fourth-order valence-corrected chi connectivity index (χ4v) is 4.43. The first kappa shape index (κ1) is 12.5. The fraction of sp³-hybridized carbons (Fsp3) is 0.600. The number of thiophene rings is 1. The molecule has 0 radical (unpaired) electrons. The van der Waals surface area contributed by atoms with Crippen LogP contribution in [0.2, 0.25) is 0 Å². The van der Waals surface area contributed by atoms with Gasteiger partial charge in [-0.2, -0.15) is 0 Å². The van der Waals surface area contributed by atoms with E-state index >= 15 is 0 Å². The summed E-state index contributed by atoms with van der Waals surface area (Å²) < 4.78 is 8.75. The summed E-state index contributed by atoms with van der Waals surface area (Å²) in [7, 11) is 0. The molecular formula is C15H18N2O2S. The lowest BCUT2D eigenvalue weighted by atomic mass is 9.98. The molecule has 3 heterocycles. The van der Waals surface area contributed by atoms with Crippen LogP contribution in [0.4, 0.5) is 0 Å². The van der Waals surface area contributed by atoms with Gasteiger partial charge in [-0.3, -0.25) is 9.36 Å². The Labute approximate surface area is 121 Å². The third kappa shape index (κ3) is 2.00. The smallest absolute Gasteiger partial charge is 0.271 e. The molecule has 20 heavy (non-hydrogen) atoms. The Bertz CT molecular complexity index is 684. The molecule has 4 nitrogen and oxygen atoms in total. The van der Waals surface area contributed by atoms with Crippen molar-refractivity contribution >= 4 is 21.6 Å². The fourth-order valence-electron chi connectivity index (χ4n) is 3.64. The zero-order valence-corrected chi connectivity index (χ0v) is 12.2. The van der Waals surface area contributed by atoms with Crippen molar-refractivity contribution in [1.29, 1.82) is 0 Å². The van der Waals surface area contributed by atoms with Crippen molar-refractivity contribution in [2.45, 2.75) is 56.8 Å². The number of rotatable bonds is 2. The third-order valence-electron chi connectivity index (χ3n) is 4.69. The van der Waals surface area contributed by atoms with Crippen molar-refractivity contribution in [2.75, 3.05) is 0 Å². The molecular weight excluding hydrogens is 272 g/mol. The summed E-state index contributed by atoms with van der Waals surface area (Å²) >= 11 is 1.47. The molecule has 1 atom stereocenters. The lowest BCUT2D eigenvalue weighted by Crippen LogP contribution is -2.30. The standard InChI is InChI=1S/C15H18N2O2S/c18-14-13-12(4-8-20-13)16-10-17(14)9-11-3-7-15(19-11)5-1-2-6-15/h4,8,10-11H,1-3,5-7,9H2. The van der Waals surface area contributed by atoms with Gasteiger partial charge in [0.15, 0.2) is 0 Å². The average molecular weight is 290 g/mol. The lowest BCUT2D eigenvalue weighted by Gasteiger charge is -2.24. The zero-order valence-electron chi connectivity index (χ0n) is 11.4. The first-order chi connectivity index (χ1) is 9.76. The van der Waals surface area contributed by atoms with Gasteiger partial charge in [0.05, 0.1) is 30.1 Å². The molecule has 1 spiro atoms. The van der Waals surface area contributed by atoms with Crippen LogP contribution in [0.1, 0.15) is 38.5 Å². The number of hydrogen-bond acceptors (Lipinski definition) is 4. The lowest BCUT2D eigenvalue weighted by molar-refractivity contribution is -0.0421. The Morgan fingerprint density at radius 1 is 1.40 bits per heavy atom. The van der Waals surface area contributed by atoms with E-state index in [-0.39, 0.29) is 17.3 Å². The van der Waals surface area contributed by atoms with Crippen LogP contribution in [0, 0.1) is 0 Å². The predicted molar refractivity (Wildman–Crippen MR) is 79.2 cm³/mol. The van der Waals surface area contributed by atoms with Crippen LogP contribution in [-0.2, 0) is 11.3 Å². The number of aromatic nitrogens is 2. The van der Waals surface area contributed by atoms with E-state index in [0.717, 1.165) is 23.1 Å². The molecule has 106 valence electrons. The van der Waals surface area contributed by atoms with E-state index in [0.29, 0.717) is 6.54 Å². The summed E-state index contributed by atoms with van der Waals surface area (Å²) in [6, 6.07) is 1.89. The van der Waals surface area contributed by atoms with E-state index < -0.39 is 0 Å². The molecule has 2 aliphatic rings. The van der Waals surface area contributed by atoms with Gasteiger partial charge in [-0.05, 0) is 37.1 Å². The van der Waals surface area contributed by atoms with Crippen molar-refractivity contribution in [2.24, 2.45) is 0 Å². The molecule has 0 amide bonds. The Morgan fingerprint density at radius 2 is 2.25 bits per heavy atom. The Balaban J connectivity index is 1.56. The maximum absolute atomic E-state index is 12.4. The summed E-state index contributed by atoms with van der Waals surface area (Å²) in [4.78, 5) is 16.7. The van der Waals surface area contributed by atoms with Gasteiger partial charge in [0.1, 0.15) is 4.70 Å². The molecule has 4 rings (SSSR count). The van der Waals surface area contributed by atoms with E-state index in [2.05, 4.69) is 4.98 Å². The predicted octanol–water partition coefficient (Wildman–Crippen LogP) is 2.95. The average Bonchev–Trinajstić information content (AvgIpc) is 3.16. The summed E-state index contributed by atoms with van der Waals surface area (Å²) in [5.74, 6) is 0. The van der Waals surface area contributed by atoms with E-state index in [9.17, 15) is 4.79 Å². The van der Waals surface area contributed by atoms with Gasteiger partial charge in [-0.25, -0.2) is 4.98 Å². The summed E-state index contributed by atoms with van der Waals surface area (Å²) in [6.45, 7) is 0.640. The summed E-state index contributed by atoms with van der Waals surface area (Å²) in [5.41, 5.74) is 1.01. The van der Waals surface area contributed by atoms with Gasteiger partial charge < -0.3 is 4.74 Å². The molecule has 0 N–H and O–H groups in total. The van der Waals surface area contributed by atoms with Crippen LogP contribution in [0.3, 0.4) is 0 Å². The molecule has 5 heteroatoms. The minimum absolute atomic E-state index is 0.0703. The second-order valence-corrected chi connectivity index (χ2v) is 6.92. The first-order valence-electron chi connectivity index (χ1n) is 7.36. The van der Waals surface area contributed by atoms with Gasteiger partial charge in [-0.1, -0.05) is 12.8 Å². The molecule has 1 saturated carbocycles. The van der Waals surface area contributed by atoms with Crippen molar-refractivity contribution in [3.63, 3.8) is 0 Å². The van der Waals surface area contributed by atoms with Gasteiger partial charge in [-0.15, -0.1) is 11.3 Å². The monoisotopic (exact) mass is 290 g/mol. The van der Waals surface area contributed by atoms with Crippen LogP contribution < -0.4 is 5.56 Å². The zero-order chi connectivity index (χ0) is 13.6. The van der Waals surface area contributed by atoms with Crippen molar-refractivity contribution in [3.8, 4) is 0 Å². The topological polar surface area (TPSA) is 44.1 Å². The van der Waals surface area contributed by atoms with Gasteiger partial charge >= 0.3 is 0 Å². The van der Waals surface area contributed by atoms with E-state index in [4.69, 9.17) is 4.74 Å². The van der Waals surface area contributed by atoms with E-state index in [1.165, 1.54) is 37.0 Å². The number of nitrogens with zero attached hydrogens (tertiary/aromatic N) is 2. The van der Waals surface area contributed by atoms with Crippen molar-refractivity contribution < 1.29 is 4.74 Å². The molecule has 1 saturated heterocycles. The summed E-state index contributed by atoms with van der Waals surface area (Å²) in [5, 5.41) is 1.92. The first-order valence-corrected chi connectivity index (χ1v) is 8.24. The largest absolute Gasteiger partial charge is 0.370 e. The number of hydrogen-bond donors (Lipinski definition) is 0. The number of ether oxygens (including phenoxy) is 1. The maximum Gasteiger partial charge on any atom is 0.271 e. The third-order valence-corrected chi connectivity index (χ3v) is 5.58. The minimum Gasteiger partial charge on any atom is -0.370 e. The quantitative estimate of drug-likeness (QED) is 0.854. The van der Waals surface area contributed by atoms with Gasteiger partial charge in [0.25, 0.3) is 5.56 Å². The minimum atomic E-state index is 0.0703. The number of fused-ring (bicyclic) bond motifs is 1. The second kappa shape index (κ2) is 4.67. The van der Waals surface area contributed by atoms with Crippen LogP contribution >= 0.6 is 11.3 Å². The van der Waals surface area contributed by atoms with E-state index in [1.54, 1.807) is 10.9 Å². The highest BCUT2D eigenvalue weighted by Gasteiger charge is 2.42. The van der Waals surface area contributed by atoms with Crippen LogP contribution in [-0.4, -0.2) is 21.3 Å². The highest BCUT2D eigenvalue weighted by Crippen LogP contribution is 2.43. The molecule has 1 unspecified atom stereocenters. The molecule has 0 aromatic carbocycles. The van der Waals surface area contributed by atoms with Crippen LogP contribution in [0.25, 0.3) is 10.2 Å². The highest BCUT2D eigenvalue weighted by atomic mass is 32.1.